The predicted octanol–water partition coefficient (Wildman–Crippen LogP) is 0.557. The molecule has 100 valence electrons. The lowest BCUT2D eigenvalue weighted by Gasteiger charge is -2.06. The minimum atomic E-state index is -0.178. The lowest BCUT2D eigenvalue weighted by Crippen LogP contribution is -2.25. The second kappa shape index (κ2) is 5.43. The Morgan fingerprint density at radius 2 is 2.00 bits per heavy atom. The molecular formula is C13H17N5O. The van der Waals surface area contributed by atoms with E-state index < -0.39 is 0 Å². The molecule has 1 aromatic heterocycles. The van der Waals surface area contributed by atoms with E-state index in [0.717, 1.165) is 12.0 Å². The van der Waals surface area contributed by atoms with Gasteiger partial charge in [-0.2, -0.15) is 5.10 Å². The summed E-state index contributed by atoms with van der Waals surface area (Å²) in [5.41, 5.74) is 13.8. The summed E-state index contributed by atoms with van der Waals surface area (Å²) in [6, 6.07) is 4.83. The molecule has 0 aliphatic carbocycles. The Labute approximate surface area is 111 Å². The monoisotopic (exact) mass is 259 g/mol. The molecule has 0 aliphatic heterocycles. The number of hydrogen-bond donors (Lipinski definition) is 3. The topological polar surface area (TPSA) is 99.0 Å². The van der Waals surface area contributed by atoms with E-state index in [1.165, 1.54) is 0 Å². The molecule has 1 amide bonds. The highest BCUT2D eigenvalue weighted by atomic mass is 16.1. The molecule has 1 heterocycles. The van der Waals surface area contributed by atoms with Crippen LogP contribution in [-0.4, -0.2) is 22.2 Å². The summed E-state index contributed by atoms with van der Waals surface area (Å²) in [6.45, 7) is 0.541. The second-order valence-electron chi connectivity index (χ2n) is 4.42. The highest BCUT2D eigenvalue weighted by Crippen LogP contribution is 2.13. The van der Waals surface area contributed by atoms with Crippen LogP contribution in [0.5, 0.6) is 0 Å². The Hall–Kier alpha value is -2.50. The number of carbonyl (C=O) groups excluding carboxylic acids is 1. The van der Waals surface area contributed by atoms with E-state index in [1.807, 2.05) is 13.2 Å². The van der Waals surface area contributed by atoms with Crippen LogP contribution in [0.25, 0.3) is 0 Å². The van der Waals surface area contributed by atoms with Gasteiger partial charge in [-0.3, -0.25) is 9.48 Å². The maximum atomic E-state index is 11.9. The van der Waals surface area contributed by atoms with E-state index in [2.05, 4.69) is 10.4 Å². The van der Waals surface area contributed by atoms with Crippen LogP contribution in [0.1, 0.15) is 15.9 Å². The number of anilines is 2. The lowest BCUT2D eigenvalue weighted by molar-refractivity contribution is 0.0954. The maximum Gasteiger partial charge on any atom is 0.251 e. The van der Waals surface area contributed by atoms with Crippen molar-refractivity contribution in [3.63, 3.8) is 0 Å². The van der Waals surface area contributed by atoms with Crippen LogP contribution in [-0.2, 0) is 13.5 Å². The Morgan fingerprint density at radius 1 is 1.32 bits per heavy atom. The van der Waals surface area contributed by atoms with Gasteiger partial charge in [0.05, 0.1) is 6.20 Å². The Morgan fingerprint density at radius 3 is 2.58 bits per heavy atom. The van der Waals surface area contributed by atoms with Crippen molar-refractivity contribution in [2.24, 2.45) is 7.05 Å². The number of nitrogen functional groups attached to an aromatic ring is 2. The number of amides is 1. The van der Waals surface area contributed by atoms with Gasteiger partial charge in [0.2, 0.25) is 0 Å². The van der Waals surface area contributed by atoms with Crippen molar-refractivity contribution in [2.45, 2.75) is 6.42 Å². The molecule has 5 N–H and O–H groups in total. The van der Waals surface area contributed by atoms with Gasteiger partial charge in [-0.25, -0.2) is 0 Å². The Balaban J connectivity index is 1.90. The van der Waals surface area contributed by atoms with Crippen LogP contribution < -0.4 is 16.8 Å². The molecule has 2 rings (SSSR count). The molecule has 0 aliphatic rings. The van der Waals surface area contributed by atoms with Crippen molar-refractivity contribution in [2.75, 3.05) is 18.0 Å². The minimum absolute atomic E-state index is 0.178. The van der Waals surface area contributed by atoms with Crippen molar-refractivity contribution >= 4 is 17.3 Å². The molecule has 0 unspecified atom stereocenters. The number of nitrogens with zero attached hydrogens (tertiary/aromatic N) is 2. The zero-order chi connectivity index (χ0) is 13.8. The molecule has 0 saturated carbocycles. The summed E-state index contributed by atoms with van der Waals surface area (Å²) in [7, 11) is 1.86. The van der Waals surface area contributed by atoms with Crippen LogP contribution >= 0.6 is 0 Å². The van der Waals surface area contributed by atoms with E-state index >= 15 is 0 Å². The number of carbonyl (C=O) groups is 1. The number of rotatable bonds is 4. The van der Waals surface area contributed by atoms with E-state index in [4.69, 9.17) is 11.5 Å². The second-order valence-corrected chi connectivity index (χ2v) is 4.42. The number of benzene rings is 1. The fraction of sp³-hybridized carbons (Fsp3) is 0.231. The third-order valence-corrected chi connectivity index (χ3v) is 2.70. The maximum absolute atomic E-state index is 11.9. The van der Waals surface area contributed by atoms with Gasteiger partial charge >= 0.3 is 0 Å². The average molecular weight is 259 g/mol. The normalized spacial score (nSPS) is 10.4. The summed E-state index contributed by atoms with van der Waals surface area (Å²) < 4.78 is 1.73. The van der Waals surface area contributed by atoms with Crippen LogP contribution in [0, 0.1) is 0 Å². The first-order valence-electron chi connectivity index (χ1n) is 5.96. The molecule has 0 bridgehead atoms. The van der Waals surface area contributed by atoms with Crippen LogP contribution in [0.4, 0.5) is 11.4 Å². The van der Waals surface area contributed by atoms with Crippen molar-refractivity contribution in [3.05, 3.63) is 41.7 Å². The van der Waals surface area contributed by atoms with Gasteiger partial charge in [0.25, 0.3) is 5.91 Å². The SMILES string of the molecule is Cn1cc(CCNC(=O)c2cc(N)cc(N)c2)cn1. The largest absolute Gasteiger partial charge is 0.399 e. The summed E-state index contributed by atoms with van der Waals surface area (Å²) in [6.07, 6.45) is 4.44. The number of nitrogens with one attached hydrogen (secondary N) is 1. The quantitative estimate of drug-likeness (QED) is 0.698. The van der Waals surface area contributed by atoms with Gasteiger partial charge in [0.1, 0.15) is 0 Å². The van der Waals surface area contributed by atoms with Crippen molar-refractivity contribution < 1.29 is 4.79 Å². The average Bonchev–Trinajstić information content (AvgIpc) is 2.73. The first-order chi connectivity index (χ1) is 9.04. The summed E-state index contributed by atoms with van der Waals surface area (Å²) in [4.78, 5) is 11.9. The Bertz CT molecular complexity index is 570. The molecule has 2 aromatic rings. The van der Waals surface area contributed by atoms with E-state index in [0.29, 0.717) is 23.5 Å². The molecular weight excluding hydrogens is 242 g/mol. The molecule has 6 nitrogen and oxygen atoms in total. The zero-order valence-corrected chi connectivity index (χ0v) is 10.8. The lowest BCUT2D eigenvalue weighted by atomic mass is 10.1. The molecule has 0 fully saturated rings. The summed E-state index contributed by atoms with van der Waals surface area (Å²) in [5.74, 6) is -0.178. The highest BCUT2D eigenvalue weighted by Gasteiger charge is 2.06. The number of aromatic nitrogens is 2. The van der Waals surface area contributed by atoms with E-state index in [9.17, 15) is 4.79 Å². The number of hydrogen-bond acceptors (Lipinski definition) is 4. The first kappa shape index (κ1) is 12.9. The summed E-state index contributed by atoms with van der Waals surface area (Å²) in [5, 5.41) is 6.89. The molecule has 0 saturated heterocycles. The van der Waals surface area contributed by atoms with Crippen LogP contribution in [0.3, 0.4) is 0 Å². The predicted molar refractivity (Wildman–Crippen MR) is 74.5 cm³/mol. The number of nitrogens with two attached hydrogens (primary N) is 2. The van der Waals surface area contributed by atoms with Crippen molar-refractivity contribution in [3.8, 4) is 0 Å². The fourth-order valence-electron chi connectivity index (χ4n) is 1.83. The van der Waals surface area contributed by atoms with Gasteiger partial charge in [-0.05, 0) is 30.2 Å². The van der Waals surface area contributed by atoms with Gasteiger partial charge in [0, 0.05) is 36.7 Å². The van der Waals surface area contributed by atoms with E-state index in [1.54, 1.807) is 29.1 Å². The van der Waals surface area contributed by atoms with Crippen LogP contribution in [0.15, 0.2) is 30.6 Å². The molecule has 1 aromatic carbocycles. The molecule has 0 atom stereocenters. The molecule has 0 radical (unpaired) electrons. The van der Waals surface area contributed by atoms with Crippen molar-refractivity contribution in [1.29, 1.82) is 0 Å². The summed E-state index contributed by atoms with van der Waals surface area (Å²) >= 11 is 0. The zero-order valence-electron chi connectivity index (χ0n) is 10.8. The third kappa shape index (κ3) is 3.48. The first-order valence-corrected chi connectivity index (χ1v) is 5.96. The van der Waals surface area contributed by atoms with Gasteiger partial charge in [0.15, 0.2) is 0 Å². The van der Waals surface area contributed by atoms with Gasteiger partial charge < -0.3 is 16.8 Å². The number of aryl methyl sites for hydroxylation is 1. The molecule has 6 heteroatoms. The standard InChI is InChI=1S/C13H17N5O/c1-18-8-9(7-17-18)2-3-16-13(19)10-4-11(14)6-12(15)5-10/h4-8H,2-3,14-15H2,1H3,(H,16,19). The molecule has 19 heavy (non-hydrogen) atoms. The highest BCUT2D eigenvalue weighted by molar-refractivity contribution is 5.96. The van der Waals surface area contributed by atoms with Crippen molar-refractivity contribution in [1.82, 2.24) is 15.1 Å². The fourth-order valence-corrected chi connectivity index (χ4v) is 1.83. The Kier molecular flexibility index (Phi) is 3.70. The van der Waals surface area contributed by atoms with Crippen LogP contribution in [0.2, 0.25) is 0 Å². The minimum Gasteiger partial charge on any atom is -0.399 e. The third-order valence-electron chi connectivity index (χ3n) is 2.70. The van der Waals surface area contributed by atoms with Gasteiger partial charge in [-0.15, -0.1) is 0 Å². The van der Waals surface area contributed by atoms with Gasteiger partial charge in [-0.1, -0.05) is 0 Å². The molecule has 0 spiro atoms. The van der Waals surface area contributed by atoms with E-state index in [-0.39, 0.29) is 5.91 Å². The smallest absolute Gasteiger partial charge is 0.251 e.